The minimum absolute atomic E-state index is 0.462. The number of nitrogens with zero attached hydrogens (tertiary/aromatic N) is 1. The molecule has 0 aromatic carbocycles. The van der Waals surface area contributed by atoms with Gasteiger partial charge in [0.15, 0.2) is 0 Å². The molecule has 1 aliphatic rings. The van der Waals surface area contributed by atoms with Crippen molar-refractivity contribution in [1.82, 2.24) is 0 Å². The molecule has 1 saturated carbocycles. The Morgan fingerprint density at radius 1 is 1.58 bits per heavy atom. The average molecular weight is 171 g/mol. The van der Waals surface area contributed by atoms with Crippen LogP contribution < -0.4 is 0 Å². The van der Waals surface area contributed by atoms with Crippen molar-refractivity contribution in [3.8, 4) is 0 Å². The minimum atomic E-state index is 0.462. The van der Waals surface area contributed by atoms with Gasteiger partial charge in [-0.1, -0.05) is 11.6 Å². The molecule has 1 aliphatic carbocycles. The van der Waals surface area contributed by atoms with E-state index in [2.05, 4.69) is 5.16 Å². The summed E-state index contributed by atoms with van der Waals surface area (Å²) in [5, 5.41) is 12.1. The van der Waals surface area contributed by atoms with Crippen LogP contribution in [-0.4, -0.2) is 24.6 Å². The van der Waals surface area contributed by atoms with Crippen molar-refractivity contribution < 1.29 is 9.94 Å². The first kappa shape index (κ1) is 9.52. The van der Waals surface area contributed by atoms with Gasteiger partial charge in [0.2, 0.25) is 0 Å². The van der Waals surface area contributed by atoms with Crippen LogP contribution in [0, 0.1) is 5.92 Å². The highest BCUT2D eigenvalue weighted by atomic mass is 16.5. The summed E-state index contributed by atoms with van der Waals surface area (Å²) in [6.45, 7) is 0.768. The van der Waals surface area contributed by atoms with Gasteiger partial charge in [-0.3, -0.25) is 0 Å². The van der Waals surface area contributed by atoms with E-state index in [0.717, 1.165) is 31.6 Å². The largest absolute Gasteiger partial charge is 0.411 e. The molecular weight excluding hydrogens is 154 g/mol. The Kier molecular flexibility index (Phi) is 4.08. The van der Waals surface area contributed by atoms with E-state index >= 15 is 0 Å². The van der Waals surface area contributed by atoms with E-state index in [9.17, 15) is 0 Å². The third kappa shape index (κ3) is 2.48. The second-order valence-corrected chi connectivity index (χ2v) is 3.32. The van der Waals surface area contributed by atoms with Crippen molar-refractivity contribution in [2.45, 2.75) is 32.1 Å². The smallest absolute Gasteiger partial charge is 0.0602 e. The summed E-state index contributed by atoms with van der Waals surface area (Å²) < 4.78 is 5.00. The molecule has 0 spiro atoms. The molecule has 0 heterocycles. The van der Waals surface area contributed by atoms with Crippen molar-refractivity contribution >= 4 is 5.71 Å². The van der Waals surface area contributed by atoms with Crippen LogP contribution in [0.5, 0.6) is 0 Å². The van der Waals surface area contributed by atoms with E-state index in [-0.39, 0.29) is 0 Å². The highest BCUT2D eigenvalue weighted by Gasteiger charge is 2.20. The van der Waals surface area contributed by atoms with Gasteiger partial charge in [0.25, 0.3) is 0 Å². The summed E-state index contributed by atoms with van der Waals surface area (Å²) in [5.74, 6) is 0.462. The van der Waals surface area contributed by atoms with Gasteiger partial charge < -0.3 is 9.94 Å². The van der Waals surface area contributed by atoms with Crippen LogP contribution in [0.2, 0.25) is 0 Å². The molecule has 0 radical (unpaired) electrons. The fraction of sp³-hybridized carbons (Fsp3) is 0.889. The lowest BCUT2D eigenvalue weighted by atomic mass is 9.85. The number of ether oxygens (including phenoxy) is 1. The standard InChI is InChI=1S/C9H17NO2/c1-12-7-6-8-4-2-3-5-9(8)10-11/h8,11H,2-7H2,1H3. The molecular formula is C9H17NO2. The van der Waals surface area contributed by atoms with Crippen LogP contribution >= 0.6 is 0 Å². The van der Waals surface area contributed by atoms with Crippen LogP contribution in [0.1, 0.15) is 32.1 Å². The van der Waals surface area contributed by atoms with Crippen molar-refractivity contribution in [3.63, 3.8) is 0 Å². The first-order valence-corrected chi connectivity index (χ1v) is 4.58. The Balaban J connectivity index is 2.37. The number of hydrogen-bond acceptors (Lipinski definition) is 3. The lowest BCUT2D eigenvalue weighted by Gasteiger charge is -2.22. The molecule has 3 heteroatoms. The normalized spacial score (nSPS) is 27.8. The van der Waals surface area contributed by atoms with Gasteiger partial charge in [-0.25, -0.2) is 0 Å². The maximum absolute atomic E-state index is 8.71. The molecule has 12 heavy (non-hydrogen) atoms. The minimum Gasteiger partial charge on any atom is -0.411 e. The molecule has 0 aromatic rings. The molecule has 1 N–H and O–H groups in total. The number of hydrogen-bond donors (Lipinski definition) is 1. The highest BCUT2D eigenvalue weighted by Crippen LogP contribution is 2.24. The zero-order chi connectivity index (χ0) is 8.81. The molecule has 70 valence electrons. The highest BCUT2D eigenvalue weighted by molar-refractivity contribution is 5.86. The molecule has 0 saturated heterocycles. The Morgan fingerprint density at radius 2 is 2.42 bits per heavy atom. The maximum atomic E-state index is 8.71. The molecule has 3 nitrogen and oxygen atoms in total. The number of oxime groups is 1. The predicted octanol–water partition coefficient (Wildman–Crippen LogP) is 2.04. The lowest BCUT2D eigenvalue weighted by Crippen LogP contribution is -2.20. The maximum Gasteiger partial charge on any atom is 0.0602 e. The van der Waals surface area contributed by atoms with Crippen molar-refractivity contribution in [1.29, 1.82) is 0 Å². The molecule has 1 unspecified atom stereocenters. The van der Waals surface area contributed by atoms with Crippen LogP contribution in [0.25, 0.3) is 0 Å². The molecule has 1 rings (SSSR count). The Hall–Kier alpha value is -0.570. The van der Waals surface area contributed by atoms with E-state index in [1.807, 2.05) is 0 Å². The second kappa shape index (κ2) is 5.14. The zero-order valence-corrected chi connectivity index (χ0v) is 7.62. The molecule has 1 atom stereocenters. The fourth-order valence-electron chi connectivity index (χ4n) is 1.77. The second-order valence-electron chi connectivity index (χ2n) is 3.32. The summed E-state index contributed by atoms with van der Waals surface area (Å²) in [6.07, 6.45) is 5.54. The zero-order valence-electron chi connectivity index (χ0n) is 7.62. The summed E-state index contributed by atoms with van der Waals surface area (Å²) in [5.41, 5.74) is 0.971. The fourth-order valence-corrected chi connectivity index (χ4v) is 1.77. The number of rotatable bonds is 3. The molecule has 0 aliphatic heterocycles. The Bertz CT molecular complexity index is 157. The van der Waals surface area contributed by atoms with Crippen LogP contribution in [0.15, 0.2) is 5.16 Å². The SMILES string of the molecule is COCCC1CCCCC1=NO. The summed E-state index contributed by atoms with van der Waals surface area (Å²) in [4.78, 5) is 0. The van der Waals surface area contributed by atoms with E-state index in [1.165, 1.54) is 12.8 Å². The quantitative estimate of drug-likeness (QED) is 0.521. The average Bonchev–Trinajstić information content (AvgIpc) is 2.15. The summed E-state index contributed by atoms with van der Waals surface area (Å²) in [6, 6.07) is 0. The van der Waals surface area contributed by atoms with E-state index < -0.39 is 0 Å². The molecule has 1 fully saturated rings. The first-order valence-electron chi connectivity index (χ1n) is 4.58. The van der Waals surface area contributed by atoms with Crippen molar-refractivity contribution in [2.24, 2.45) is 11.1 Å². The van der Waals surface area contributed by atoms with E-state index in [0.29, 0.717) is 5.92 Å². The van der Waals surface area contributed by atoms with Gasteiger partial charge in [0.1, 0.15) is 0 Å². The summed E-state index contributed by atoms with van der Waals surface area (Å²) in [7, 11) is 1.71. The van der Waals surface area contributed by atoms with Crippen LogP contribution in [0.3, 0.4) is 0 Å². The van der Waals surface area contributed by atoms with Gasteiger partial charge in [-0.05, 0) is 25.7 Å². The van der Waals surface area contributed by atoms with Gasteiger partial charge in [-0.15, -0.1) is 0 Å². The van der Waals surface area contributed by atoms with Crippen LogP contribution in [0.4, 0.5) is 0 Å². The van der Waals surface area contributed by atoms with Gasteiger partial charge in [0, 0.05) is 19.6 Å². The van der Waals surface area contributed by atoms with Crippen molar-refractivity contribution in [2.75, 3.05) is 13.7 Å². The molecule has 0 amide bonds. The van der Waals surface area contributed by atoms with Gasteiger partial charge >= 0.3 is 0 Å². The van der Waals surface area contributed by atoms with E-state index in [1.54, 1.807) is 7.11 Å². The Morgan fingerprint density at radius 3 is 3.08 bits per heavy atom. The topological polar surface area (TPSA) is 41.8 Å². The monoisotopic (exact) mass is 171 g/mol. The van der Waals surface area contributed by atoms with Crippen molar-refractivity contribution in [3.05, 3.63) is 0 Å². The molecule has 0 bridgehead atoms. The molecule has 0 aromatic heterocycles. The van der Waals surface area contributed by atoms with Gasteiger partial charge in [-0.2, -0.15) is 0 Å². The van der Waals surface area contributed by atoms with Gasteiger partial charge in [0.05, 0.1) is 5.71 Å². The Labute approximate surface area is 73.4 Å². The summed E-state index contributed by atoms with van der Waals surface area (Å²) >= 11 is 0. The lowest BCUT2D eigenvalue weighted by molar-refractivity contribution is 0.182. The predicted molar refractivity (Wildman–Crippen MR) is 47.7 cm³/mol. The van der Waals surface area contributed by atoms with Crippen LogP contribution in [-0.2, 0) is 4.74 Å². The third-order valence-corrected chi connectivity index (χ3v) is 2.51. The third-order valence-electron chi connectivity index (χ3n) is 2.51. The first-order chi connectivity index (χ1) is 5.88. The number of methoxy groups -OCH3 is 1. The van der Waals surface area contributed by atoms with E-state index in [4.69, 9.17) is 9.94 Å².